The lowest BCUT2D eigenvalue weighted by Gasteiger charge is -2.14. The number of thioether (sulfide) groups is 1. The molecular weight excluding hydrogens is 292 g/mol. The number of carbonyl (C=O) groups is 3. The van der Waals surface area contributed by atoms with Gasteiger partial charge in [0.1, 0.15) is 5.40 Å². The highest BCUT2D eigenvalue weighted by Crippen LogP contribution is 2.18. The van der Waals surface area contributed by atoms with Gasteiger partial charge in [-0.25, -0.2) is 0 Å². The van der Waals surface area contributed by atoms with Gasteiger partial charge in [-0.1, -0.05) is 0 Å². The van der Waals surface area contributed by atoms with Gasteiger partial charge in [0.25, 0.3) is 0 Å². The van der Waals surface area contributed by atoms with E-state index in [2.05, 4.69) is 5.32 Å². The van der Waals surface area contributed by atoms with Crippen molar-refractivity contribution >= 4 is 35.7 Å². The molecule has 1 aromatic carbocycles. The smallest absolute Gasteiger partial charge is 0.318 e. The zero-order chi connectivity index (χ0) is 15.7. The number of nitrogens with two attached hydrogens (primary N) is 1. The third-order valence-corrected chi connectivity index (χ3v) is 3.06. The number of imide groups is 1. The van der Waals surface area contributed by atoms with Gasteiger partial charge < -0.3 is 11.1 Å². The highest BCUT2D eigenvalue weighted by atomic mass is 32.2. The summed E-state index contributed by atoms with van der Waals surface area (Å²) in [6.07, 6.45) is 0.738. The summed E-state index contributed by atoms with van der Waals surface area (Å²) in [5.74, 6) is -1.84. The average Bonchev–Trinajstić information content (AvgIpc) is 2.50. The fraction of sp³-hybridized carbons (Fsp3) is 0.231. The Hall–Kier alpha value is -2.37. The molecule has 0 heterocycles. The summed E-state index contributed by atoms with van der Waals surface area (Å²) in [6, 6.07) is 6.41. The van der Waals surface area contributed by atoms with Crippen molar-refractivity contribution in [2.24, 2.45) is 5.73 Å². The zero-order valence-corrected chi connectivity index (χ0v) is 11.9. The van der Waals surface area contributed by atoms with E-state index in [0.29, 0.717) is 25.1 Å². The number of thiocyanates is 1. The lowest BCUT2D eigenvalue weighted by Crippen LogP contribution is -2.39. The van der Waals surface area contributed by atoms with Crippen LogP contribution in [0.3, 0.4) is 0 Å². The van der Waals surface area contributed by atoms with Crippen molar-refractivity contribution in [2.45, 2.75) is 11.3 Å². The molecule has 1 aromatic rings. The topological polar surface area (TPSA) is 116 Å². The standard InChI is InChI=1S/C13H14N4O3S/c14-6-1-7-17(9-18)13(20)12(19)16-10-2-4-11(5-3-10)21-8-15/h2-5,9H,1,6-7,14H2,(H,16,19). The number of nitrogens with zero attached hydrogens (tertiary/aromatic N) is 2. The molecule has 110 valence electrons. The van der Waals surface area contributed by atoms with Crippen molar-refractivity contribution in [2.75, 3.05) is 18.4 Å². The molecule has 0 saturated carbocycles. The van der Waals surface area contributed by atoms with Crippen LogP contribution >= 0.6 is 11.8 Å². The third kappa shape index (κ3) is 5.25. The molecule has 0 bridgehead atoms. The molecule has 0 aliphatic rings. The Morgan fingerprint density at radius 1 is 1.38 bits per heavy atom. The maximum Gasteiger partial charge on any atom is 0.318 e. The van der Waals surface area contributed by atoms with Gasteiger partial charge in [-0.05, 0) is 49.0 Å². The summed E-state index contributed by atoms with van der Waals surface area (Å²) < 4.78 is 0. The second-order valence-electron chi connectivity index (χ2n) is 3.92. The number of rotatable bonds is 6. The van der Waals surface area contributed by atoms with E-state index in [4.69, 9.17) is 11.0 Å². The Labute approximate surface area is 126 Å². The van der Waals surface area contributed by atoms with E-state index < -0.39 is 11.8 Å². The van der Waals surface area contributed by atoms with E-state index in [1.54, 1.807) is 24.3 Å². The molecule has 1 rings (SSSR count). The minimum absolute atomic E-state index is 0.101. The lowest BCUT2D eigenvalue weighted by molar-refractivity contribution is -0.146. The van der Waals surface area contributed by atoms with Crippen LogP contribution in [-0.2, 0) is 14.4 Å². The van der Waals surface area contributed by atoms with Crippen LogP contribution in [0, 0.1) is 10.7 Å². The molecule has 0 saturated heterocycles. The molecule has 8 heteroatoms. The third-order valence-electron chi connectivity index (χ3n) is 2.46. The van der Waals surface area contributed by atoms with Crippen LogP contribution < -0.4 is 11.1 Å². The molecule has 0 spiro atoms. The summed E-state index contributed by atoms with van der Waals surface area (Å²) >= 11 is 0.986. The van der Waals surface area contributed by atoms with Gasteiger partial charge in [-0.15, -0.1) is 0 Å². The Balaban J connectivity index is 2.64. The maximum absolute atomic E-state index is 11.7. The van der Waals surface area contributed by atoms with Crippen LogP contribution in [0.4, 0.5) is 5.69 Å². The highest BCUT2D eigenvalue weighted by molar-refractivity contribution is 8.03. The summed E-state index contributed by atoms with van der Waals surface area (Å²) in [6.45, 7) is 0.418. The first-order chi connectivity index (χ1) is 10.1. The number of hydrogen-bond acceptors (Lipinski definition) is 6. The van der Waals surface area contributed by atoms with Crippen molar-refractivity contribution < 1.29 is 14.4 Å². The number of hydrogen-bond donors (Lipinski definition) is 2. The van der Waals surface area contributed by atoms with Crippen molar-refractivity contribution in [3.8, 4) is 5.40 Å². The molecule has 0 unspecified atom stereocenters. The first-order valence-corrected chi connectivity index (χ1v) is 6.87. The van der Waals surface area contributed by atoms with Crippen molar-refractivity contribution in [1.82, 2.24) is 4.90 Å². The fourth-order valence-corrected chi connectivity index (χ4v) is 1.82. The minimum Gasteiger partial charge on any atom is -0.330 e. The maximum atomic E-state index is 11.7. The molecule has 0 atom stereocenters. The van der Waals surface area contributed by atoms with E-state index >= 15 is 0 Å². The lowest BCUT2D eigenvalue weighted by atomic mass is 10.3. The summed E-state index contributed by atoms with van der Waals surface area (Å²) in [7, 11) is 0. The van der Waals surface area contributed by atoms with Crippen LogP contribution in [0.2, 0.25) is 0 Å². The van der Waals surface area contributed by atoms with E-state index in [-0.39, 0.29) is 6.54 Å². The van der Waals surface area contributed by atoms with Crippen LogP contribution in [0.5, 0.6) is 0 Å². The molecule has 3 amide bonds. The van der Waals surface area contributed by atoms with Crippen molar-refractivity contribution in [3.63, 3.8) is 0 Å². The summed E-state index contributed by atoms with van der Waals surface area (Å²) in [4.78, 5) is 35.8. The number of nitriles is 1. The fourth-order valence-electron chi connectivity index (χ4n) is 1.44. The number of nitrogens with one attached hydrogen (secondary N) is 1. The van der Waals surface area contributed by atoms with E-state index in [1.807, 2.05) is 5.40 Å². The average molecular weight is 306 g/mol. The predicted molar refractivity (Wildman–Crippen MR) is 78.0 cm³/mol. The van der Waals surface area contributed by atoms with Crippen LogP contribution in [0.25, 0.3) is 0 Å². The number of carbonyl (C=O) groups excluding carboxylic acids is 3. The second kappa shape index (κ2) is 8.73. The van der Waals surface area contributed by atoms with Crippen molar-refractivity contribution in [1.29, 1.82) is 5.26 Å². The molecule has 0 aliphatic heterocycles. The van der Waals surface area contributed by atoms with Gasteiger partial charge >= 0.3 is 11.8 Å². The Morgan fingerprint density at radius 2 is 2.05 bits per heavy atom. The first kappa shape index (κ1) is 16.7. The molecule has 3 N–H and O–H groups in total. The summed E-state index contributed by atoms with van der Waals surface area (Å²) in [5, 5.41) is 12.8. The number of amides is 3. The molecular formula is C13H14N4O3S. The van der Waals surface area contributed by atoms with E-state index in [0.717, 1.165) is 21.6 Å². The van der Waals surface area contributed by atoms with Gasteiger partial charge in [0.05, 0.1) is 0 Å². The largest absolute Gasteiger partial charge is 0.330 e. The van der Waals surface area contributed by atoms with Crippen LogP contribution in [0.15, 0.2) is 29.2 Å². The molecule has 0 aliphatic carbocycles. The Morgan fingerprint density at radius 3 is 2.57 bits per heavy atom. The molecule has 0 aromatic heterocycles. The minimum atomic E-state index is -0.936. The normalized spacial score (nSPS) is 9.52. The van der Waals surface area contributed by atoms with Gasteiger partial charge in [0.2, 0.25) is 6.41 Å². The molecule has 0 radical (unpaired) electrons. The van der Waals surface area contributed by atoms with E-state index in [1.165, 1.54) is 0 Å². The van der Waals surface area contributed by atoms with Crippen molar-refractivity contribution in [3.05, 3.63) is 24.3 Å². The SMILES string of the molecule is N#CSc1ccc(NC(=O)C(=O)N(C=O)CCCN)cc1. The summed E-state index contributed by atoms with van der Waals surface area (Å²) in [5.41, 5.74) is 5.69. The number of benzene rings is 1. The monoisotopic (exact) mass is 306 g/mol. The number of anilines is 1. The van der Waals surface area contributed by atoms with Gasteiger partial charge in [-0.2, -0.15) is 5.26 Å². The second-order valence-corrected chi connectivity index (χ2v) is 4.78. The van der Waals surface area contributed by atoms with Gasteiger partial charge in [0, 0.05) is 17.1 Å². The molecule has 7 nitrogen and oxygen atoms in total. The quantitative estimate of drug-likeness (QED) is 0.343. The predicted octanol–water partition coefficient (Wildman–Crippen LogP) is 0.532. The Bertz CT molecular complexity index is 554. The molecule has 0 fully saturated rings. The molecule has 21 heavy (non-hydrogen) atoms. The highest BCUT2D eigenvalue weighted by Gasteiger charge is 2.21. The first-order valence-electron chi connectivity index (χ1n) is 6.05. The van der Waals surface area contributed by atoms with Gasteiger partial charge in [-0.3, -0.25) is 19.3 Å². The van der Waals surface area contributed by atoms with Crippen LogP contribution in [-0.4, -0.2) is 36.2 Å². The Kier molecular flexibility index (Phi) is 6.94. The van der Waals surface area contributed by atoms with Gasteiger partial charge in [0.15, 0.2) is 0 Å². The van der Waals surface area contributed by atoms with E-state index in [9.17, 15) is 14.4 Å². The zero-order valence-electron chi connectivity index (χ0n) is 11.1. The van der Waals surface area contributed by atoms with Crippen LogP contribution in [0.1, 0.15) is 6.42 Å².